The normalized spacial score (nSPS) is 11.6. The first-order valence-electron chi connectivity index (χ1n) is 18.8. The third-order valence-corrected chi connectivity index (χ3v) is 12.2. The first-order chi connectivity index (χ1) is 27.3. The minimum atomic E-state index is 1.10. The van der Waals surface area contributed by atoms with E-state index in [1.807, 2.05) is 11.3 Å². The Morgan fingerprint density at radius 1 is 0.345 bits per heavy atom. The summed E-state index contributed by atoms with van der Waals surface area (Å²) in [5.41, 5.74) is 11.7. The third-order valence-electron chi connectivity index (χ3n) is 11.0. The lowest BCUT2D eigenvalue weighted by atomic mass is 9.98. The van der Waals surface area contributed by atoms with Crippen LogP contribution < -0.4 is 4.90 Å². The Labute approximate surface area is 323 Å². The molecule has 0 N–H and O–H groups in total. The molecule has 2 nitrogen and oxygen atoms in total. The number of hydrogen-bond donors (Lipinski definition) is 0. The highest BCUT2D eigenvalue weighted by molar-refractivity contribution is 7.25. The molecule has 0 aliphatic carbocycles. The number of hydrogen-bond acceptors (Lipinski definition) is 2. The standard InChI is InChI=1S/C52H34N2S/c1-2-12-43-36(10-1)11-9-16-44(43)37-22-27-40(28-23-37)53(39-25-20-35(21-26-39)38-24-33-52-48(34-38)47-15-5-8-19-51(47)55-52)41-29-31-42(32-30-41)54-49-17-6-3-13-45(49)46-14-4-7-18-50(46)54/h1-34H. The maximum Gasteiger partial charge on any atom is 0.0541 e. The molecule has 0 aliphatic rings. The van der Waals surface area contributed by atoms with Crippen LogP contribution in [0.25, 0.3) is 80.7 Å². The van der Waals surface area contributed by atoms with Gasteiger partial charge in [-0.3, -0.25) is 0 Å². The summed E-state index contributed by atoms with van der Waals surface area (Å²) in [6.45, 7) is 0. The Morgan fingerprint density at radius 3 is 1.55 bits per heavy atom. The molecule has 0 spiro atoms. The number of thiophene rings is 1. The molecule has 0 fully saturated rings. The molecule has 0 radical (unpaired) electrons. The molecule has 2 aromatic heterocycles. The highest BCUT2D eigenvalue weighted by atomic mass is 32.1. The first-order valence-corrected chi connectivity index (χ1v) is 19.6. The monoisotopic (exact) mass is 718 g/mol. The fourth-order valence-corrected chi connectivity index (χ4v) is 9.46. The van der Waals surface area contributed by atoms with Gasteiger partial charge < -0.3 is 9.47 Å². The lowest BCUT2D eigenvalue weighted by Crippen LogP contribution is -2.10. The third kappa shape index (κ3) is 5.32. The number of fused-ring (bicyclic) bond motifs is 7. The van der Waals surface area contributed by atoms with Crippen molar-refractivity contribution < 1.29 is 0 Å². The van der Waals surface area contributed by atoms with E-state index in [1.54, 1.807) is 0 Å². The second-order valence-electron chi connectivity index (χ2n) is 14.2. The van der Waals surface area contributed by atoms with E-state index in [9.17, 15) is 0 Å². The van der Waals surface area contributed by atoms with E-state index in [4.69, 9.17) is 0 Å². The zero-order valence-corrected chi connectivity index (χ0v) is 30.7. The van der Waals surface area contributed by atoms with E-state index in [1.165, 1.54) is 75.0 Å². The number of anilines is 3. The summed E-state index contributed by atoms with van der Waals surface area (Å²) in [5.74, 6) is 0. The van der Waals surface area contributed by atoms with Gasteiger partial charge in [0.1, 0.15) is 0 Å². The van der Waals surface area contributed by atoms with Crippen LogP contribution in [0, 0.1) is 0 Å². The summed E-state index contributed by atoms with van der Waals surface area (Å²) in [6.07, 6.45) is 0. The van der Waals surface area contributed by atoms with Crippen LogP contribution in [0.2, 0.25) is 0 Å². The van der Waals surface area contributed by atoms with Gasteiger partial charge in [0.2, 0.25) is 0 Å². The molecule has 0 bridgehead atoms. The van der Waals surface area contributed by atoms with Crippen molar-refractivity contribution in [3.63, 3.8) is 0 Å². The van der Waals surface area contributed by atoms with Crippen LogP contribution in [0.15, 0.2) is 206 Å². The van der Waals surface area contributed by atoms with E-state index < -0.39 is 0 Å². The zero-order chi connectivity index (χ0) is 36.3. The first kappa shape index (κ1) is 31.6. The molecule has 0 saturated carbocycles. The van der Waals surface area contributed by atoms with Crippen LogP contribution in [-0.4, -0.2) is 4.57 Å². The largest absolute Gasteiger partial charge is 0.311 e. The minimum Gasteiger partial charge on any atom is -0.311 e. The van der Waals surface area contributed by atoms with Crippen molar-refractivity contribution in [2.24, 2.45) is 0 Å². The fraction of sp³-hybridized carbons (Fsp3) is 0. The highest BCUT2D eigenvalue weighted by Gasteiger charge is 2.16. The molecule has 258 valence electrons. The number of para-hydroxylation sites is 2. The Morgan fingerprint density at radius 2 is 0.855 bits per heavy atom. The average Bonchev–Trinajstić information content (AvgIpc) is 3.80. The molecule has 55 heavy (non-hydrogen) atoms. The molecule has 0 unspecified atom stereocenters. The van der Waals surface area contributed by atoms with Crippen molar-refractivity contribution in [3.05, 3.63) is 206 Å². The molecule has 0 amide bonds. The van der Waals surface area contributed by atoms with Crippen molar-refractivity contribution in [3.8, 4) is 27.9 Å². The van der Waals surface area contributed by atoms with E-state index in [0.717, 1.165) is 22.7 Å². The lowest BCUT2D eigenvalue weighted by Gasteiger charge is -2.26. The van der Waals surface area contributed by atoms with Gasteiger partial charge in [-0.15, -0.1) is 11.3 Å². The van der Waals surface area contributed by atoms with Gasteiger partial charge in [0.15, 0.2) is 0 Å². The van der Waals surface area contributed by atoms with Gasteiger partial charge >= 0.3 is 0 Å². The molecular weight excluding hydrogens is 685 g/mol. The molecule has 0 saturated heterocycles. The van der Waals surface area contributed by atoms with Gasteiger partial charge in [-0.25, -0.2) is 0 Å². The molecular formula is C52H34N2S. The van der Waals surface area contributed by atoms with Crippen molar-refractivity contribution in [1.82, 2.24) is 4.57 Å². The summed E-state index contributed by atoms with van der Waals surface area (Å²) >= 11 is 1.86. The quantitative estimate of drug-likeness (QED) is 0.166. The van der Waals surface area contributed by atoms with Crippen LogP contribution in [0.4, 0.5) is 17.1 Å². The summed E-state index contributed by atoms with van der Waals surface area (Å²) in [4.78, 5) is 2.36. The SMILES string of the molecule is c1ccc2c(-c3ccc(N(c4ccc(-c5ccc6sc7ccccc7c6c5)cc4)c4ccc(-n5c6ccccc6c6ccccc65)cc4)cc3)cccc2c1. The van der Waals surface area contributed by atoms with Crippen LogP contribution >= 0.6 is 11.3 Å². The van der Waals surface area contributed by atoms with Gasteiger partial charge in [0.05, 0.1) is 11.0 Å². The molecule has 3 heteroatoms. The predicted octanol–water partition coefficient (Wildman–Crippen LogP) is 15.1. The van der Waals surface area contributed by atoms with Gasteiger partial charge in [0.25, 0.3) is 0 Å². The number of benzene rings is 9. The lowest BCUT2D eigenvalue weighted by molar-refractivity contribution is 1.17. The van der Waals surface area contributed by atoms with E-state index >= 15 is 0 Å². The van der Waals surface area contributed by atoms with Crippen LogP contribution in [0.5, 0.6) is 0 Å². The Bertz CT molecular complexity index is 3130. The second kappa shape index (κ2) is 12.9. The highest BCUT2D eigenvalue weighted by Crippen LogP contribution is 2.40. The predicted molar refractivity (Wildman–Crippen MR) is 237 cm³/mol. The van der Waals surface area contributed by atoms with Crippen molar-refractivity contribution in [1.29, 1.82) is 0 Å². The molecule has 0 aliphatic heterocycles. The Kier molecular flexibility index (Phi) is 7.39. The van der Waals surface area contributed by atoms with E-state index in [2.05, 4.69) is 216 Å². The summed E-state index contributed by atoms with van der Waals surface area (Å²) in [5, 5.41) is 7.69. The minimum absolute atomic E-state index is 1.10. The molecule has 2 heterocycles. The Hall–Kier alpha value is -6.94. The van der Waals surface area contributed by atoms with Crippen molar-refractivity contribution in [2.75, 3.05) is 4.90 Å². The zero-order valence-electron chi connectivity index (χ0n) is 29.9. The summed E-state index contributed by atoms with van der Waals surface area (Å²) < 4.78 is 5.03. The topological polar surface area (TPSA) is 8.17 Å². The van der Waals surface area contributed by atoms with Crippen LogP contribution in [0.3, 0.4) is 0 Å². The van der Waals surface area contributed by atoms with Gasteiger partial charge in [-0.2, -0.15) is 0 Å². The second-order valence-corrected chi connectivity index (χ2v) is 15.2. The van der Waals surface area contributed by atoms with Gasteiger partial charge in [-0.05, 0) is 112 Å². The molecule has 0 atom stereocenters. The number of nitrogens with zero attached hydrogens (tertiary/aromatic N) is 2. The van der Waals surface area contributed by atoms with Gasteiger partial charge in [-0.1, -0.05) is 127 Å². The van der Waals surface area contributed by atoms with Crippen LogP contribution in [-0.2, 0) is 0 Å². The summed E-state index contributed by atoms with van der Waals surface area (Å²) in [7, 11) is 0. The van der Waals surface area contributed by atoms with Crippen molar-refractivity contribution in [2.45, 2.75) is 0 Å². The van der Waals surface area contributed by atoms with E-state index in [-0.39, 0.29) is 0 Å². The van der Waals surface area contributed by atoms with Crippen LogP contribution in [0.1, 0.15) is 0 Å². The maximum absolute atomic E-state index is 2.38. The van der Waals surface area contributed by atoms with Gasteiger partial charge in [0, 0.05) is 53.7 Å². The van der Waals surface area contributed by atoms with Crippen molar-refractivity contribution >= 4 is 81.1 Å². The Balaban J connectivity index is 1.01. The molecule has 9 aromatic carbocycles. The smallest absolute Gasteiger partial charge is 0.0541 e. The maximum atomic E-state index is 2.38. The molecule has 11 rings (SSSR count). The van der Waals surface area contributed by atoms with E-state index in [0.29, 0.717) is 0 Å². The number of aromatic nitrogens is 1. The summed E-state index contributed by atoms with van der Waals surface area (Å²) in [6, 6.07) is 75.2. The number of rotatable bonds is 6. The molecule has 11 aromatic rings. The fourth-order valence-electron chi connectivity index (χ4n) is 8.37. The average molecular weight is 719 g/mol.